The first-order valence-electron chi connectivity index (χ1n) is 20.4. The zero-order chi connectivity index (χ0) is 40.5. The molecule has 3 heterocycles. The van der Waals surface area contributed by atoms with Gasteiger partial charge in [0.1, 0.15) is 11.2 Å². The average Bonchev–Trinajstić information content (AvgIpc) is 3.74. The van der Waals surface area contributed by atoms with E-state index in [0.29, 0.717) is 17.5 Å². The number of para-hydroxylation sites is 1. The van der Waals surface area contributed by atoms with Crippen LogP contribution in [0.15, 0.2) is 223 Å². The number of furan rings is 1. The molecular formula is C56H36N4O. The number of hydrogen-bond donors (Lipinski definition) is 0. The summed E-state index contributed by atoms with van der Waals surface area (Å²) < 4.78 is 6.72. The molecule has 8 aromatic carbocycles. The molecule has 0 unspecified atom stereocenters. The topological polar surface area (TPSA) is 64.7 Å². The first kappa shape index (κ1) is 35.8. The van der Waals surface area contributed by atoms with Crippen molar-refractivity contribution in [2.45, 2.75) is 0 Å². The van der Waals surface area contributed by atoms with E-state index in [1.165, 1.54) is 22.3 Å². The van der Waals surface area contributed by atoms with Gasteiger partial charge in [0.05, 0.1) is 5.69 Å². The molecule has 0 N–H and O–H groups in total. The summed E-state index contributed by atoms with van der Waals surface area (Å²) in [4.78, 5) is 20.1. The van der Waals surface area contributed by atoms with Crippen LogP contribution < -0.4 is 0 Å². The standard InChI is InChI=1S/C56H36N4O/c1-3-12-37(13-4-1)39-23-25-41(26-24-39)45-16-9-17-46(36-45)55-58-54(44-33-31-43(32-34-44)50-21-7-8-35-57-50)59-56(60-55)49-20-11-22-51-52(49)48-19-10-18-47(53(48)61-51)42-29-27-40(28-30-42)38-14-5-2-6-15-38/h1-36H. The number of fused-ring (bicyclic) bond motifs is 3. The maximum atomic E-state index is 6.72. The molecule has 0 atom stereocenters. The fourth-order valence-electron chi connectivity index (χ4n) is 8.14. The maximum Gasteiger partial charge on any atom is 0.164 e. The van der Waals surface area contributed by atoms with Crippen molar-refractivity contribution in [2.24, 2.45) is 0 Å². The van der Waals surface area contributed by atoms with Crippen molar-refractivity contribution in [1.29, 1.82) is 0 Å². The molecule has 0 amide bonds. The van der Waals surface area contributed by atoms with Crippen LogP contribution in [0.2, 0.25) is 0 Å². The highest BCUT2D eigenvalue weighted by atomic mass is 16.3. The van der Waals surface area contributed by atoms with Gasteiger partial charge in [0.2, 0.25) is 0 Å². The Kier molecular flexibility index (Phi) is 9.10. The van der Waals surface area contributed by atoms with E-state index >= 15 is 0 Å². The lowest BCUT2D eigenvalue weighted by molar-refractivity contribution is 0.670. The third-order valence-corrected chi connectivity index (χ3v) is 11.3. The van der Waals surface area contributed by atoms with E-state index in [0.717, 1.165) is 72.1 Å². The zero-order valence-corrected chi connectivity index (χ0v) is 33.0. The molecule has 3 aromatic heterocycles. The first-order valence-corrected chi connectivity index (χ1v) is 20.4. The Morgan fingerprint density at radius 3 is 1.48 bits per heavy atom. The molecule has 61 heavy (non-hydrogen) atoms. The van der Waals surface area contributed by atoms with Gasteiger partial charge in [-0.25, -0.2) is 15.0 Å². The molecule has 0 aliphatic heterocycles. The van der Waals surface area contributed by atoms with Crippen LogP contribution in [0, 0.1) is 0 Å². The number of aromatic nitrogens is 4. The summed E-state index contributed by atoms with van der Waals surface area (Å²) in [6.07, 6.45) is 1.81. The summed E-state index contributed by atoms with van der Waals surface area (Å²) >= 11 is 0. The van der Waals surface area contributed by atoms with Gasteiger partial charge in [-0.2, -0.15) is 0 Å². The summed E-state index contributed by atoms with van der Waals surface area (Å²) in [6.45, 7) is 0. The lowest BCUT2D eigenvalue weighted by Crippen LogP contribution is -2.00. The number of hydrogen-bond acceptors (Lipinski definition) is 5. The van der Waals surface area contributed by atoms with Crippen LogP contribution in [0.5, 0.6) is 0 Å². The van der Waals surface area contributed by atoms with Crippen molar-refractivity contribution in [2.75, 3.05) is 0 Å². The van der Waals surface area contributed by atoms with Crippen LogP contribution in [0.25, 0.3) is 112 Å². The van der Waals surface area contributed by atoms with Gasteiger partial charge in [0.25, 0.3) is 0 Å². The van der Waals surface area contributed by atoms with E-state index in [4.69, 9.17) is 19.4 Å². The van der Waals surface area contributed by atoms with Crippen molar-refractivity contribution >= 4 is 21.9 Å². The van der Waals surface area contributed by atoms with Gasteiger partial charge in [0.15, 0.2) is 17.5 Å². The lowest BCUT2D eigenvalue weighted by atomic mass is 9.98. The second-order valence-electron chi connectivity index (χ2n) is 15.0. The summed E-state index contributed by atoms with van der Waals surface area (Å²) in [6, 6.07) is 73.3. The summed E-state index contributed by atoms with van der Waals surface area (Å²) in [7, 11) is 0. The average molecular weight is 781 g/mol. The minimum absolute atomic E-state index is 0.567. The second kappa shape index (κ2) is 15.5. The monoisotopic (exact) mass is 780 g/mol. The van der Waals surface area contributed by atoms with Crippen LogP contribution in [0.4, 0.5) is 0 Å². The summed E-state index contributed by atoms with van der Waals surface area (Å²) in [5.41, 5.74) is 15.2. The van der Waals surface area contributed by atoms with Crippen LogP contribution in [0.1, 0.15) is 0 Å². The van der Waals surface area contributed by atoms with Crippen molar-refractivity contribution in [3.8, 4) is 89.9 Å². The molecule has 0 fully saturated rings. The van der Waals surface area contributed by atoms with Gasteiger partial charge in [-0.1, -0.05) is 188 Å². The second-order valence-corrected chi connectivity index (χ2v) is 15.0. The Balaban J connectivity index is 1.03. The van der Waals surface area contributed by atoms with Crippen LogP contribution >= 0.6 is 0 Å². The molecular weight excluding hydrogens is 745 g/mol. The van der Waals surface area contributed by atoms with E-state index in [-0.39, 0.29) is 0 Å². The molecule has 5 nitrogen and oxygen atoms in total. The van der Waals surface area contributed by atoms with Gasteiger partial charge >= 0.3 is 0 Å². The van der Waals surface area contributed by atoms with Gasteiger partial charge < -0.3 is 4.42 Å². The number of rotatable bonds is 8. The molecule has 0 aliphatic carbocycles. The number of pyridine rings is 1. The van der Waals surface area contributed by atoms with Crippen molar-refractivity contribution in [1.82, 2.24) is 19.9 Å². The minimum atomic E-state index is 0.567. The molecule has 286 valence electrons. The van der Waals surface area contributed by atoms with E-state index < -0.39 is 0 Å². The van der Waals surface area contributed by atoms with Crippen molar-refractivity contribution < 1.29 is 4.42 Å². The Labute approximate surface area is 353 Å². The molecule has 11 rings (SSSR count). The Hall–Kier alpha value is -8.28. The SMILES string of the molecule is c1ccc(-c2ccc(-c3cccc(-c4nc(-c5ccc(-c6ccccn6)cc5)nc(-c5cccc6oc7c(-c8ccc(-c9ccccc9)cc8)cccc7c56)n4)c3)cc2)cc1. The van der Waals surface area contributed by atoms with Crippen LogP contribution in [0.3, 0.4) is 0 Å². The predicted octanol–water partition coefficient (Wildman–Crippen LogP) is 14.5. The molecule has 0 saturated heterocycles. The van der Waals surface area contributed by atoms with Gasteiger partial charge in [-0.15, -0.1) is 0 Å². The van der Waals surface area contributed by atoms with E-state index in [1.807, 2.05) is 48.7 Å². The molecule has 5 heteroatoms. The summed E-state index contributed by atoms with van der Waals surface area (Å²) in [5, 5.41) is 1.96. The highest BCUT2D eigenvalue weighted by Gasteiger charge is 2.20. The molecule has 0 bridgehead atoms. The van der Waals surface area contributed by atoms with Gasteiger partial charge in [-0.3, -0.25) is 4.98 Å². The zero-order valence-electron chi connectivity index (χ0n) is 33.0. The molecule has 0 saturated carbocycles. The Bertz CT molecular complexity index is 3310. The lowest BCUT2D eigenvalue weighted by Gasteiger charge is -2.11. The van der Waals surface area contributed by atoms with Crippen LogP contribution in [-0.4, -0.2) is 19.9 Å². The normalized spacial score (nSPS) is 11.3. The fraction of sp³-hybridized carbons (Fsp3) is 0. The van der Waals surface area contributed by atoms with Crippen LogP contribution in [-0.2, 0) is 0 Å². The van der Waals surface area contributed by atoms with E-state index in [9.17, 15) is 0 Å². The minimum Gasteiger partial charge on any atom is -0.455 e. The highest BCUT2D eigenvalue weighted by molar-refractivity contribution is 6.15. The quantitative estimate of drug-likeness (QED) is 0.154. The first-order chi connectivity index (χ1) is 30.2. The predicted molar refractivity (Wildman–Crippen MR) is 248 cm³/mol. The van der Waals surface area contributed by atoms with Gasteiger partial charge in [0, 0.05) is 44.8 Å². The number of nitrogens with zero attached hydrogens (tertiary/aromatic N) is 4. The van der Waals surface area contributed by atoms with E-state index in [2.05, 4.69) is 175 Å². The highest BCUT2D eigenvalue weighted by Crippen LogP contribution is 2.41. The molecule has 0 radical (unpaired) electrons. The van der Waals surface area contributed by atoms with Gasteiger partial charge in [-0.05, 0) is 63.2 Å². The largest absolute Gasteiger partial charge is 0.455 e. The summed E-state index contributed by atoms with van der Waals surface area (Å²) in [5.74, 6) is 1.73. The Morgan fingerprint density at radius 1 is 0.311 bits per heavy atom. The van der Waals surface area contributed by atoms with Crippen molar-refractivity contribution in [3.05, 3.63) is 219 Å². The fourth-order valence-corrected chi connectivity index (χ4v) is 8.14. The molecule has 0 spiro atoms. The molecule has 11 aromatic rings. The third-order valence-electron chi connectivity index (χ3n) is 11.3. The Morgan fingerprint density at radius 2 is 0.803 bits per heavy atom. The maximum absolute atomic E-state index is 6.72. The smallest absolute Gasteiger partial charge is 0.164 e. The van der Waals surface area contributed by atoms with E-state index in [1.54, 1.807) is 0 Å². The van der Waals surface area contributed by atoms with Crippen molar-refractivity contribution in [3.63, 3.8) is 0 Å². The molecule has 0 aliphatic rings. The number of benzene rings is 8. The third kappa shape index (κ3) is 6.94.